The van der Waals surface area contributed by atoms with Crippen LogP contribution >= 0.6 is 11.3 Å². The first kappa shape index (κ1) is 16.7. The third kappa shape index (κ3) is 3.12. The summed E-state index contributed by atoms with van der Waals surface area (Å²) in [5.74, 6) is 0. The number of aryl methyl sites for hydroxylation is 1. The number of rotatable bonds is 4. The largest absolute Gasteiger partial charge is 0.354 e. The average Bonchev–Trinajstić information content (AvgIpc) is 3.13. The topological polar surface area (TPSA) is 75.6 Å². The predicted molar refractivity (Wildman–Crippen MR) is 99.8 cm³/mol. The maximum absolute atomic E-state index is 12.8. The summed E-state index contributed by atoms with van der Waals surface area (Å²) in [5, 5.41) is 14.9. The lowest BCUT2D eigenvalue weighted by Crippen LogP contribution is -2.20. The predicted octanol–water partition coefficient (Wildman–Crippen LogP) is 3.23. The van der Waals surface area contributed by atoms with Gasteiger partial charge in [-0.25, -0.2) is 9.67 Å². The van der Waals surface area contributed by atoms with Crippen molar-refractivity contribution in [2.75, 3.05) is 5.32 Å². The number of anilines is 1. The van der Waals surface area contributed by atoms with Crippen LogP contribution in [0, 0.1) is 25.2 Å². The lowest BCUT2D eigenvalue weighted by atomic mass is 10.3. The van der Waals surface area contributed by atoms with E-state index in [1.54, 1.807) is 9.36 Å². The first-order valence-electron chi connectivity index (χ1n) is 7.66. The highest BCUT2D eigenvalue weighted by Crippen LogP contribution is 2.20. The number of benzene rings is 1. The molecule has 3 rings (SSSR count). The Bertz CT molecular complexity index is 1030. The van der Waals surface area contributed by atoms with E-state index in [4.69, 9.17) is 0 Å². The molecule has 0 fully saturated rings. The minimum Gasteiger partial charge on any atom is -0.354 e. The zero-order valence-corrected chi connectivity index (χ0v) is 15.0. The molecule has 126 valence electrons. The van der Waals surface area contributed by atoms with Crippen LogP contribution in [-0.2, 0) is 7.05 Å². The molecule has 7 heteroatoms. The van der Waals surface area contributed by atoms with Gasteiger partial charge in [0.1, 0.15) is 22.3 Å². The molecule has 0 aliphatic heterocycles. The Hall–Kier alpha value is -3.11. The van der Waals surface area contributed by atoms with Crippen LogP contribution in [0.5, 0.6) is 0 Å². The Morgan fingerprint density at radius 3 is 2.64 bits per heavy atom. The van der Waals surface area contributed by atoms with Gasteiger partial charge >= 0.3 is 0 Å². The number of nitriles is 1. The van der Waals surface area contributed by atoms with Crippen molar-refractivity contribution in [1.29, 1.82) is 5.26 Å². The number of allylic oxidation sites excluding steroid dienone is 1. The molecule has 0 unspecified atom stereocenters. The highest BCUT2D eigenvalue weighted by Gasteiger charge is 2.15. The van der Waals surface area contributed by atoms with E-state index >= 15 is 0 Å². The average molecular weight is 351 g/mol. The lowest BCUT2D eigenvalue weighted by molar-refractivity contribution is 0.630. The van der Waals surface area contributed by atoms with Crippen molar-refractivity contribution in [3.63, 3.8) is 0 Å². The number of nitrogens with one attached hydrogen (secondary N) is 1. The monoisotopic (exact) mass is 351 g/mol. The van der Waals surface area contributed by atoms with Crippen molar-refractivity contribution < 1.29 is 0 Å². The number of aromatic nitrogens is 3. The molecule has 0 amide bonds. The molecule has 0 atom stereocenters. The molecule has 0 bridgehead atoms. The second kappa shape index (κ2) is 6.79. The van der Waals surface area contributed by atoms with Crippen molar-refractivity contribution in [3.8, 4) is 11.8 Å². The molecule has 25 heavy (non-hydrogen) atoms. The van der Waals surface area contributed by atoms with Crippen LogP contribution in [0.15, 0.2) is 46.7 Å². The molecule has 3 aromatic rings. The molecule has 0 saturated carbocycles. The first-order valence-corrected chi connectivity index (χ1v) is 8.54. The SMILES string of the molecule is Cc1csc(/C(C#N)=C/Nc2c(C)n(C)n(-c3ccccc3)c2=O)n1. The van der Waals surface area contributed by atoms with Gasteiger partial charge in [-0.3, -0.25) is 9.48 Å². The summed E-state index contributed by atoms with van der Waals surface area (Å²) in [6, 6.07) is 11.5. The Morgan fingerprint density at radius 2 is 2.04 bits per heavy atom. The van der Waals surface area contributed by atoms with E-state index in [-0.39, 0.29) is 5.56 Å². The van der Waals surface area contributed by atoms with Gasteiger partial charge in [0.25, 0.3) is 5.56 Å². The first-order chi connectivity index (χ1) is 12.0. The summed E-state index contributed by atoms with van der Waals surface area (Å²) in [6.07, 6.45) is 1.54. The zero-order chi connectivity index (χ0) is 18.0. The van der Waals surface area contributed by atoms with Gasteiger partial charge < -0.3 is 5.32 Å². The summed E-state index contributed by atoms with van der Waals surface area (Å²) < 4.78 is 3.37. The van der Waals surface area contributed by atoms with E-state index in [2.05, 4.69) is 16.4 Å². The van der Waals surface area contributed by atoms with Crippen molar-refractivity contribution in [2.24, 2.45) is 7.05 Å². The van der Waals surface area contributed by atoms with Crippen LogP contribution in [0.25, 0.3) is 11.3 Å². The minimum atomic E-state index is -0.171. The van der Waals surface area contributed by atoms with E-state index in [0.717, 1.165) is 17.1 Å². The van der Waals surface area contributed by atoms with Gasteiger partial charge in [0.15, 0.2) is 0 Å². The van der Waals surface area contributed by atoms with Crippen molar-refractivity contribution in [2.45, 2.75) is 13.8 Å². The van der Waals surface area contributed by atoms with Gasteiger partial charge in [0.2, 0.25) is 0 Å². The quantitative estimate of drug-likeness (QED) is 0.732. The summed E-state index contributed by atoms with van der Waals surface area (Å²) in [4.78, 5) is 17.1. The zero-order valence-electron chi connectivity index (χ0n) is 14.1. The van der Waals surface area contributed by atoms with Gasteiger partial charge in [-0.15, -0.1) is 11.3 Å². The third-order valence-electron chi connectivity index (χ3n) is 3.88. The van der Waals surface area contributed by atoms with Crippen LogP contribution in [0.1, 0.15) is 16.4 Å². The van der Waals surface area contributed by atoms with Crippen LogP contribution in [-0.4, -0.2) is 14.3 Å². The Kier molecular flexibility index (Phi) is 4.55. The second-order valence-corrected chi connectivity index (χ2v) is 6.40. The minimum absolute atomic E-state index is 0.171. The number of thiazole rings is 1. The summed E-state index contributed by atoms with van der Waals surface area (Å²) >= 11 is 1.40. The van der Waals surface area contributed by atoms with Crippen LogP contribution < -0.4 is 10.9 Å². The van der Waals surface area contributed by atoms with Gasteiger partial charge in [-0.1, -0.05) is 18.2 Å². The molecule has 6 nitrogen and oxygen atoms in total. The molecule has 2 heterocycles. The standard InChI is InChI=1S/C18H17N5OS/c1-12-11-25-17(21-12)14(9-19)10-20-16-13(2)22(3)23(18(16)24)15-7-5-4-6-8-15/h4-8,10-11,20H,1-3H3/b14-10+. The van der Waals surface area contributed by atoms with Crippen molar-refractivity contribution >= 4 is 22.6 Å². The molecule has 0 spiro atoms. The summed E-state index contributed by atoms with van der Waals surface area (Å²) in [6.45, 7) is 3.74. The Morgan fingerprint density at radius 1 is 1.32 bits per heavy atom. The fraction of sp³-hybridized carbons (Fsp3) is 0.167. The normalized spacial score (nSPS) is 11.4. The molecule has 1 N–H and O–H groups in total. The van der Waals surface area contributed by atoms with Crippen molar-refractivity contribution in [1.82, 2.24) is 14.3 Å². The summed E-state index contributed by atoms with van der Waals surface area (Å²) in [5.41, 5.74) is 3.09. The van der Waals surface area contributed by atoms with Crippen LogP contribution in [0.2, 0.25) is 0 Å². The fourth-order valence-electron chi connectivity index (χ4n) is 2.50. The summed E-state index contributed by atoms with van der Waals surface area (Å²) in [7, 11) is 1.83. The maximum Gasteiger partial charge on any atom is 0.295 e. The molecule has 1 aromatic carbocycles. The van der Waals surface area contributed by atoms with Gasteiger partial charge in [-0.2, -0.15) is 5.26 Å². The molecule has 0 saturated heterocycles. The smallest absolute Gasteiger partial charge is 0.295 e. The number of para-hydroxylation sites is 1. The Balaban J connectivity index is 2.01. The highest BCUT2D eigenvalue weighted by molar-refractivity contribution is 7.10. The lowest BCUT2D eigenvalue weighted by Gasteiger charge is -2.07. The van der Waals surface area contributed by atoms with E-state index in [1.165, 1.54) is 17.5 Å². The molecule has 0 aliphatic rings. The number of hydrogen-bond acceptors (Lipinski definition) is 5. The van der Waals surface area contributed by atoms with E-state index in [0.29, 0.717) is 16.3 Å². The Labute approximate surface area is 149 Å². The van der Waals surface area contributed by atoms with Gasteiger partial charge in [0, 0.05) is 24.3 Å². The van der Waals surface area contributed by atoms with Crippen molar-refractivity contribution in [3.05, 3.63) is 68.7 Å². The molecular weight excluding hydrogens is 334 g/mol. The van der Waals surface area contributed by atoms with E-state index in [1.807, 2.05) is 56.6 Å². The molecule has 2 aromatic heterocycles. The molecular formula is C18H17N5OS. The van der Waals surface area contributed by atoms with E-state index in [9.17, 15) is 10.1 Å². The third-order valence-corrected chi connectivity index (χ3v) is 4.88. The number of nitrogens with zero attached hydrogens (tertiary/aromatic N) is 4. The fourth-order valence-corrected chi connectivity index (χ4v) is 3.26. The van der Waals surface area contributed by atoms with Gasteiger partial charge in [0.05, 0.1) is 11.4 Å². The second-order valence-electron chi connectivity index (χ2n) is 5.54. The molecule has 0 radical (unpaired) electrons. The highest BCUT2D eigenvalue weighted by atomic mass is 32.1. The van der Waals surface area contributed by atoms with Crippen LogP contribution in [0.3, 0.4) is 0 Å². The van der Waals surface area contributed by atoms with E-state index < -0.39 is 0 Å². The number of hydrogen-bond donors (Lipinski definition) is 1. The maximum atomic E-state index is 12.8. The molecule has 0 aliphatic carbocycles. The van der Waals surface area contributed by atoms with Crippen LogP contribution in [0.4, 0.5) is 5.69 Å². The van der Waals surface area contributed by atoms with Gasteiger partial charge in [-0.05, 0) is 26.0 Å².